The van der Waals surface area contributed by atoms with E-state index in [1.54, 1.807) is 42.5 Å². The largest absolute Gasteiger partial charge is 0.457 e. The summed E-state index contributed by atoms with van der Waals surface area (Å²) in [7, 11) is 0. The molecule has 0 spiro atoms. The molecule has 0 radical (unpaired) electrons. The lowest BCUT2D eigenvalue weighted by Crippen LogP contribution is -2.30. The highest BCUT2D eigenvalue weighted by Crippen LogP contribution is 2.58. The van der Waals surface area contributed by atoms with E-state index in [4.69, 9.17) is 9.84 Å². The van der Waals surface area contributed by atoms with Crippen molar-refractivity contribution >= 4 is 5.78 Å². The van der Waals surface area contributed by atoms with Crippen molar-refractivity contribution in [2.45, 2.75) is 38.0 Å². The number of ketones is 1. The molecular weight excluding hydrogens is 326 g/mol. The van der Waals surface area contributed by atoms with Crippen LogP contribution in [0.4, 0.5) is 8.78 Å². The van der Waals surface area contributed by atoms with Crippen molar-refractivity contribution in [3.05, 3.63) is 59.2 Å². The SMILES string of the molecule is Cc1cc(C2(C(C)(F)F)CC2)ccc1Oc1ccc(C(=O)CO)cc1. The molecule has 3 nitrogen and oxygen atoms in total. The molecule has 0 aromatic heterocycles. The van der Waals surface area contributed by atoms with Gasteiger partial charge in [-0.3, -0.25) is 4.79 Å². The van der Waals surface area contributed by atoms with Gasteiger partial charge in [-0.2, -0.15) is 0 Å². The molecule has 0 saturated heterocycles. The summed E-state index contributed by atoms with van der Waals surface area (Å²) < 4.78 is 33.6. The van der Waals surface area contributed by atoms with Gasteiger partial charge >= 0.3 is 0 Å². The number of carbonyl (C=O) groups is 1. The smallest absolute Gasteiger partial charge is 0.254 e. The monoisotopic (exact) mass is 346 g/mol. The Morgan fingerprint density at radius 1 is 1.20 bits per heavy atom. The van der Waals surface area contributed by atoms with Crippen molar-refractivity contribution in [2.75, 3.05) is 6.61 Å². The van der Waals surface area contributed by atoms with E-state index in [-0.39, 0.29) is 5.78 Å². The molecule has 1 aliphatic rings. The van der Waals surface area contributed by atoms with Crippen LogP contribution in [0.3, 0.4) is 0 Å². The molecule has 2 aromatic carbocycles. The molecule has 132 valence electrons. The van der Waals surface area contributed by atoms with Crippen LogP contribution < -0.4 is 4.74 Å². The van der Waals surface area contributed by atoms with Crippen LogP contribution in [0, 0.1) is 6.92 Å². The van der Waals surface area contributed by atoms with E-state index in [0.29, 0.717) is 35.5 Å². The predicted octanol–water partition coefficient (Wildman–Crippen LogP) is 4.65. The highest BCUT2D eigenvalue weighted by molar-refractivity contribution is 5.96. The normalized spacial score (nSPS) is 15.7. The van der Waals surface area contributed by atoms with Crippen LogP contribution in [0.1, 0.15) is 41.3 Å². The van der Waals surface area contributed by atoms with Gasteiger partial charge < -0.3 is 9.84 Å². The number of Topliss-reactive ketones (excluding diaryl/α,β-unsaturated/α-hetero) is 1. The maximum atomic E-state index is 13.9. The summed E-state index contributed by atoms with van der Waals surface area (Å²) in [5, 5.41) is 8.85. The fraction of sp³-hybridized carbons (Fsp3) is 0.350. The van der Waals surface area contributed by atoms with E-state index in [0.717, 1.165) is 12.5 Å². The van der Waals surface area contributed by atoms with Crippen LogP contribution in [0.2, 0.25) is 0 Å². The maximum Gasteiger partial charge on any atom is 0.254 e. The molecule has 1 aliphatic carbocycles. The van der Waals surface area contributed by atoms with Gasteiger partial charge in [0.05, 0.1) is 5.41 Å². The highest BCUT2D eigenvalue weighted by Gasteiger charge is 2.60. The fourth-order valence-electron chi connectivity index (χ4n) is 3.09. The zero-order valence-corrected chi connectivity index (χ0v) is 14.2. The van der Waals surface area contributed by atoms with Crippen LogP contribution in [0.15, 0.2) is 42.5 Å². The first-order valence-electron chi connectivity index (χ1n) is 8.18. The van der Waals surface area contributed by atoms with Gasteiger partial charge in [0.1, 0.15) is 18.1 Å². The number of aliphatic hydroxyl groups excluding tert-OH is 1. The van der Waals surface area contributed by atoms with Crippen molar-refractivity contribution in [3.63, 3.8) is 0 Å². The summed E-state index contributed by atoms with van der Waals surface area (Å²) in [5.74, 6) is -1.98. The second-order valence-electron chi connectivity index (χ2n) is 6.66. The number of aliphatic hydroxyl groups is 1. The molecule has 0 unspecified atom stereocenters. The Kier molecular flexibility index (Phi) is 4.37. The first-order valence-corrected chi connectivity index (χ1v) is 8.18. The lowest BCUT2D eigenvalue weighted by Gasteiger charge is -2.24. The third kappa shape index (κ3) is 3.29. The number of halogens is 2. The predicted molar refractivity (Wildman–Crippen MR) is 90.6 cm³/mol. The number of benzene rings is 2. The molecule has 0 bridgehead atoms. The second-order valence-corrected chi connectivity index (χ2v) is 6.66. The Bertz CT molecular complexity index is 788. The van der Waals surface area contributed by atoms with Gasteiger partial charge in [-0.25, -0.2) is 8.78 Å². The van der Waals surface area contributed by atoms with Crippen LogP contribution >= 0.6 is 0 Å². The summed E-state index contributed by atoms with van der Waals surface area (Å²) in [4.78, 5) is 11.4. The van der Waals surface area contributed by atoms with Crippen molar-refractivity contribution in [1.29, 1.82) is 0 Å². The second kappa shape index (κ2) is 6.23. The Morgan fingerprint density at radius 2 is 1.84 bits per heavy atom. The molecule has 25 heavy (non-hydrogen) atoms. The zero-order chi connectivity index (χ0) is 18.2. The first-order chi connectivity index (χ1) is 11.8. The highest BCUT2D eigenvalue weighted by atomic mass is 19.3. The minimum atomic E-state index is -2.74. The number of hydrogen-bond acceptors (Lipinski definition) is 3. The standard InChI is InChI=1S/C20H20F2O3/c1-13-11-15(20(9-10-20)19(2,21)22)5-8-18(13)25-16-6-3-14(4-7-16)17(24)12-23/h3-8,11,23H,9-10,12H2,1-2H3. The minimum Gasteiger partial charge on any atom is -0.457 e. The summed E-state index contributed by atoms with van der Waals surface area (Å²) in [6.45, 7) is 2.27. The average molecular weight is 346 g/mol. The lowest BCUT2D eigenvalue weighted by molar-refractivity contribution is -0.0200. The zero-order valence-electron chi connectivity index (χ0n) is 14.2. The molecular formula is C20H20F2O3. The van der Waals surface area contributed by atoms with Gasteiger partial charge in [-0.15, -0.1) is 0 Å². The van der Waals surface area contributed by atoms with Crippen LogP contribution in [0.25, 0.3) is 0 Å². The molecule has 3 rings (SSSR count). The number of alkyl halides is 2. The number of hydrogen-bond donors (Lipinski definition) is 1. The van der Waals surface area contributed by atoms with E-state index >= 15 is 0 Å². The Labute approximate surface area is 145 Å². The quantitative estimate of drug-likeness (QED) is 0.775. The Balaban J connectivity index is 1.79. The van der Waals surface area contributed by atoms with Gasteiger partial charge in [0.25, 0.3) is 5.92 Å². The molecule has 0 heterocycles. The van der Waals surface area contributed by atoms with Crippen molar-refractivity contribution < 1.29 is 23.4 Å². The molecule has 1 saturated carbocycles. The average Bonchev–Trinajstić information content (AvgIpc) is 3.38. The van der Waals surface area contributed by atoms with Crippen LogP contribution in [0.5, 0.6) is 11.5 Å². The molecule has 0 atom stereocenters. The van der Waals surface area contributed by atoms with Gasteiger partial charge in [-0.05, 0) is 61.2 Å². The molecule has 0 aliphatic heterocycles. The van der Waals surface area contributed by atoms with Gasteiger partial charge in [0.15, 0.2) is 5.78 Å². The van der Waals surface area contributed by atoms with E-state index in [2.05, 4.69) is 0 Å². The topological polar surface area (TPSA) is 46.5 Å². The number of aryl methyl sites for hydroxylation is 1. The van der Waals surface area contributed by atoms with Gasteiger partial charge in [-0.1, -0.05) is 12.1 Å². The molecule has 5 heteroatoms. The van der Waals surface area contributed by atoms with E-state index in [1.165, 1.54) is 0 Å². The maximum absolute atomic E-state index is 13.9. The summed E-state index contributed by atoms with van der Waals surface area (Å²) in [6, 6.07) is 11.6. The van der Waals surface area contributed by atoms with Gasteiger partial charge in [0, 0.05) is 12.5 Å². The number of rotatable bonds is 6. The summed E-state index contributed by atoms with van der Waals surface area (Å²) >= 11 is 0. The van der Waals surface area contributed by atoms with Crippen molar-refractivity contribution in [2.24, 2.45) is 0 Å². The van der Waals surface area contributed by atoms with Crippen LogP contribution in [-0.2, 0) is 5.41 Å². The van der Waals surface area contributed by atoms with E-state index in [1.807, 2.05) is 6.92 Å². The lowest BCUT2D eigenvalue weighted by atomic mass is 9.89. The van der Waals surface area contributed by atoms with Crippen LogP contribution in [-0.4, -0.2) is 23.4 Å². The molecule has 1 N–H and O–H groups in total. The molecule has 0 amide bonds. The molecule has 2 aromatic rings. The fourth-order valence-corrected chi connectivity index (χ4v) is 3.09. The summed E-state index contributed by atoms with van der Waals surface area (Å²) in [6.07, 6.45) is 0.993. The van der Waals surface area contributed by atoms with E-state index < -0.39 is 17.9 Å². The number of ether oxygens (including phenoxy) is 1. The third-order valence-corrected chi connectivity index (χ3v) is 4.87. The first kappa shape index (κ1) is 17.5. The van der Waals surface area contributed by atoms with Crippen molar-refractivity contribution in [3.8, 4) is 11.5 Å². The summed E-state index contributed by atoms with van der Waals surface area (Å²) in [5.41, 5.74) is 0.794. The van der Waals surface area contributed by atoms with Crippen molar-refractivity contribution in [1.82, 2.24) is 0 Å². The van der Waals surface area contributed by atoms with E-state index in [9.17, 15) is 13.6 Å². The van der Waals surface area contributed by atoms with Gasteiger partial charge in [0.2, 0.25) is 0 Å². The third-order valence-electron chi connectivity index (χ3n) is 4.87. The number of carbonyl (C=O) groups excluding carboxylic acids is 1. The minimum absolute atomic E-state index is 0.359. The Morgan fingerprint density at radius 3 is 2.32 bits per heavy atom. The Hall–Kier alpha value is -2.27. The molecule has 1 fully saturated rings.